The Hall–Kier alpha value is -3.37. The first-order valence-corrected chi connectivity index (χ1v) is 14.1. The number of rotatable bonds is 6. The van der Waals surface area contributed by atoms with E-state index in [4.69, 9.17) is 29.0 Å². The molecule has 5 rings (SSSR count). The zero-order valence-electron chi connectivity index (χ0n) is 22.7. The van der Waals surface area contributed by atoms with Crippen molar-refractivity contribution in [2.75, 3.05) is 33.3 Å². The van der Waals surface area contributed by atoms with Crippen LogP contribution in [0.3, 0.4) is 0 Å². The van der Waals surface area contributed by atoms with Gasteiger partial charge in [-0.25, -0.2) is 9.59 Å². The molecule has 3 aromatic rings. The number of carboxylic acids is 2. The van der Waals surface area contributed by atoms with Gasteiger partial charge < -0.3 is 29.2 Å². The molecule has 4 heterocycles. The standard InChI is InChI=1S/C27H34N2O3S.C2H2O4/c1-4-21-22-9-14-29(18(2)30)16-27(22)33-26(21)10-13-28-11-7-19(8-12-28)24-17-32-25-6-5-20(31-3)15-23(24)25;3-1(4)2(5)6/h5-6,15,17,19H,4,7-14,16H2,1-3H3;(H,3,4)(H,5,6). The zero-order chi connectivity index (χ0) is 28.1. The highest BCUT2D eigenvalue weighted by molar-refractivity contribution is 7.12. The van der Waals surface area contributed by atoms with E-state index in [1.54, 1.807) is 24.5 Å². The number of carbonyl (C=O) groups is 3. The van der Waals surface area contributed by atoms with Gasteiger partial charge in [0.25, 0.3) is 0 Å². The van der Waals surface area contributed by atoms with Crippen LogP contribution in [0.5, 0.6) is 5.75 Å². The number of aliphatic carboxylic acids is 2. The molecule has 0 spiro atoms. The largest absolute Gasteiger partial charge is 0.497 e. The van der Waals surface area contributed by atoms with Crippen LogP contribution in [0.25, 0.3) is 11.0 Å². The van der Waals surface area contributed by atoms with E-state index in [0.29, 0.717) is 5.92 Å². The Morgan fingerprint density at radius 2 is 1.85 bits per heavy atom. The average molecular weight is 557 g/mol. The molecule has 1 aromatic carbocycles. The maximum absolute atomic E-state index is 11.8. The van der Waals surface area contributed by atoms with E-state index in [9.17, 15) is 4.79 Å². The van der Waals surface area contributed by atoms with Gasteiger partial charge in [0.15, 0.2) is 0 Å². The third-order valence-corrected chi connectivity index (χ3v) is 9.04. The molecule has 0 aliphatic carbocycles. The third-order valence-electron chi connectivity index (χ3n) is 7.72. The molecule has 210 valence electrons. The number of thiophene rings is 1. The van der Waals surface area contributed by atoms with Gasteiger partial charge in [-0.05, 0) is 80.4 Å². The molecule has 9 nitrogen and oxygen atoms in total. The van der Waals surface area contributed by atoms with E-state index >= 15 is 0 Å². The monoisotopic (exact) mass is 556 g/mol. The molecule has 2 N–H and O–H groups in total. The van der Waals surface area contributed by atoms with Crippen LogP contribution < -0.4 is 4.74 Å². The number of carboxylic acid groups (broad SMARTS) is 2. The van der Waals surface area contributed by atoms with Crippen molar-refractivity contribution >= 4 is 40.2 Å². The molecule has 0 atom stereocenters. The molecule has 1 saturated heterocycles. The maximum atomic E-state index is 11.8. The fourth-order valence-electron chi connectivity index (χ4n) is 5.61. The van der Waals surface area contributed by atoms with Crippen LogP contribution in [0, 0.1) is 0 Å². The normalized spacial score (nSPS) is 15.9. The molecule has 0 bridgehead atoms. The lowest BCUT2D eigenvalue weighted by atomic mass is 9.89. The Balaban J connectivity index is 0.000000531. The van der Waals surface area contributed by atoms with Crippen molar-refractivity contribution in [3.63, 3.8) is 0 Å². The summed E-state index contributed by atoms with van der Waals surface area (Å²) in [6, 6.07) is 6.08. The van der Waals surface area contributed by atoms with Gasteiger partial charge >= 0.3 is 11.9 Å². The summed E-state index contributed by atoms with van der Waals surface area (Å²) in [5, 5.41) is 16.0. The number of benzene rings is 1. The molecule has 1 fully saturated rings. The summed E-state index contributed by atoms with van der Waals surface area (Å²) in [6.07, 6.45) is 7.53. The number of hydrogen-bond donors (Lipinski definition) is 2. The Labute approximate surface area is 232 Å². The second-order valence-corrected chi connectivity index (χ2v) is 11.2. The van der Waals surface area contributed by atoms with Crippen molar-refractivity contribution in [3.05, 3.63) is 50.9 Å². The predicted molar refractivity (Wildman–Crippen MR) is 149 cm³/mol. The van der Waals surface area contributed by atoms with Crippen molar-refractivity contribution in [2.24, 2.45) is 0 Å². The molecular formula is C29H36N2O7S. The summed E-state index contributed by atoms with van der Waals surface area (Å²) in [5.74, 6) is -2.02. The summed E-state index contributed by atoms with van der Waals surface area (Å²) >= 11 is 1.95. The van der Waals surface area contributed by atoms with E-state index in [0.717, 1.165) is 63.3 Å². The lowest BCUT2D eigenvalue weighted by molar-refractivity contribution is -0.159. The van der Waals surface area contributed by atoms with Gasteiger partial charge in [0.1, 0.15) is 11.3 Å². The van der Waals surface area contributed by atoms with Gasteiger partial charge in [0.05, 0.1) is 19.9 Å². The minimum Gasteiger partial charge on any atom is -0.497 e. The Morgan fingerprint density at radius 3 is 2.46 bits per heavy atom. The predicted octanol–water partition coefficient (Wildman–Crippen LogP) is 4.55. The van der Waals surface area contributed by atoms with E-state index < -0.39 is 11.9 Å². The van der Waals surface area contributed by atoms with E-state index in [-0.39, 0.29) is 5.91 Å². The maximum Gasteiger partial charge on any atom is 0.414 e. The number of ether oxygens (including phenoxy) is 1. The second kappa shape index (κ2) is 12.7. The van der Waals surface area contributed by atoms with Crippen molar-refractivity contribution in [3.8, 4) is 5.75 Å². The third kappa shape index (κ3) is 6.62. The number of piperidine rings is 1. The quantitative estimate of drug-likeness (QED) is 0.425. The van der Waals surface area contributed by atoms with Gasteiger partial charge in [-0.15, -0.1) is 11.3 Å². The fraction of sp³-hybridized carbons (Fsp3) is 0.483. The molecule has 2 aliphatic rings. The molecule has 0 unspecified atom stereocenters. The highest BCUT2D eigenvalue weighted by atomic mass is 32.1. The van der Waals surface area contributed by atoms with E-state index in [1.165, 1.54) is 34.2 Å². The number of likely N-dealkylation sites (tertiary alicyclic amines) is 1. The first-order valence-electron chi connectivity index (χ1n) is 13.3. The smallest absolute Gasteiger partial charge is 0.414 e. The Bertz CT molecular complexity index is 1320. The lowest BCUT2D eigenvalue weighted by Gasteiger charge is -2.31. The van der Waals surface area contributed by atoms with Crippen molar-refractivity contribution in [1.29, 1.82) is 0 Å². The number of carbonyl (C=O) groups excluding carboxylic acids is 1. The summed E-state index contributed by atoms with van der Waals surface area (Å²) in [4.78, 5) is 37.6. The van der Waals surface area contributed by atoms with Crippen LogP contribution in [0.15, 0.2) is 28.9 Å². The van der Waals surface area contributed by atoms with E-state index in [2.05, 4.69) is 17.9 Å². The molecule has 2 aliphatic heterocycles. The number of furan rings is 1. The second-order valence-electron chi connectivity index (χ2n) is 9.98. The number of fused-ring (bicyclic) bond motifs is 2. The number of methoxy groups -OCH3 is 1. The van der Waals surface area contributed by atoms with Crippen LogP contribution in [0.2, 0.25) is 0 Å². The van der Waals surface area contributed by atoms with Crippen LogP contribution in [0.4, 0.5) is 0 Å². The minimum absolute atomic E-state index is 0.195. The lowest BCUT2D eigenvalue weighted by Crippen LogP contribution is -2.34. The Kier molecular flexibility index (Phi) is 9.29. The molecule has 0 radical (unpaired) electrons. The van der Waals surface area contributed by atoms with Gasteiger partial charge in [-0.1, -0.05) is 6.92 Å². The molecule has 2 aromatic heterocycles. The van der Waals surface area contributed by atoms with Crippen LogP contribution in [-0.2, 0) is 40.2 Å². The Morgan fingerprint density at radius 1 is 1.13 bits per heavy atom. The molecule has 10 heteroatoms. The zero-order valence-corrected chi connectivity index (χ0v) is 23.5. The summed E-state index contributed by atoms with van der Waals surface area (Å²) < 4.78 is 11.3. The molecule has 39 heavy (non-hydrogen) atoms. The highest BCUT2D eigenvalue weighted by Gasteiger charge is 2.26. The summed E-state index contributed by atoms with van der Waals surface area (Å²) in [5.41, 5.74) is 5.38. The average Bonchev–Trinajstić information content (AvgIpc) is 3.52. The number of hydrogen-bond acceptors (Lipinski definition) is 7. The van der Waals surface area contributed by atoms with E-state index in [1.807, 2.05) is 34.6 Å². The van der Waals surface area contributed by atoms with Gasteiger partial charge in [-0.2, -0.15) is 0 Å². The fourth-order valence-corrected chi connectivity index (χ4v) is 7.06. The minimum atomic E-state index is -1.82. The molecule has 0 saturated carbocycles. The first kappa shape index (κ1) is 28.6. The molecule has 1 amide bonds. The van der Waals surface area contributed by atoms with Crippen molar-refractivity contribution < 1.29 is 33.8 Å². The van der Waals surface area contributed by atoms with Crippen LogP contribution in [0.1, 0.15) is 59.1 Å². The van der Waals surface area contributed by atoms with Crippen molar-refractivity contribution in [1.82, 2.24) is 9.80 Å². The van der Waals surface area contributed by atoms with Crippen molar-refractivity contribution in [2.45, 2.75) is 58.4 Å². The van der Waals surface area contributed by atoms with Crippen LogP contribution >= 0.6 is 11.3 Å². The summed E-state index contributed by atoms with van der Waals surface area (Å²) in [6.45, 7) is 9.02. The van der Waals surface area contributed by atoms with Gasteiger partial charge in [0, 0.05) is 40.7 Å². The number of amides is 1. The number of nitrogens with zero attached hydrogens (tertiary/aromatic N) is 2. The highest BCUT2D eigenvalue weighted by Crippen LogP contribution is 2.37. The SMILES string of the molecule is CCc1c(CCN2CCC(c3coc4ccc(OC)cc34)CC2)sc2c1CCN(C(C)=O)C2.O=C(O)C(=O)O. The van der Waals surface area contributed by atoms with Gasteiger partial charge in [-0.3, -0.25) is 4.79 Å². The topological polar surface area (TPSA) is 121 Å². The van der Waals surface area contributed by atoms with Gasteiger partial charge in [0.2, 0.25) is 5.91 Å². The first-order chi connectivity index (χ1) is 18.7. The van der Waals surface area contributed by atoms with Crippen LogP contribution in [-0.4, -0.2) is 71.1 Å². The summed E-state index contributed by atoms with van der Waals surface area (Å²) in [7, 11) is 1.71. The molecular weight excluding hydrogens is 520 g/mol.